The van der Waals surface area contributed by atoms with Crippen molar-refractivity contribution < 1.29 is 4.79 Å². The fourth-order valence-electron chi connectivity index (χ4n) is 2.78. The number of hydrogen-bond donors (Lipinski definition) is 2. The predicted octanol–water partition coefficient (Wildman–Crippen LogP) is 3.60. The van der Waals surface area contributed by atoms with Crippen LogP contribution in [0.2, 0.25) is 0 Å². The lowest BCUT2D eigenvalue weighted by Gasteiger charge is -2.20. The summed E-state index contributed by atoms with van der Waals surface area (Å²) in [6.07, 6.45) is 3.20. The van der Waals surface area contributed by atoms with Crippen LogP contribution in [0, 0.1) is 0 Å². The summed E-state index contributed by atoms with van der Waals surface area (Å²) in [5.74, 6) is 0.0238. The van der Waals surface area contributed by atoms with E-state index in [9.17, 15) is 4.79 Å². The van der Waals surface area contributed by atoms with Gasteiger partial charge in [-0.3, -0.25) is 4.79 Å². The quantitative estimate of drug-likeness (QED) is 0.782. The maximum Gasteiger partial charge on any atom is 0.222 e. The van der Waals surface area contributed by atoms with E-state index in [1.807, 2.05) is 48.5 Å². The van der Waals surface area contributed by atoms with Gasteiger partial charge in [0.15, 0.2) is 0 Å². The van der Waals surface area contributed by atoms with Crippen molar-refractivity contribution in [2.75, 3.05) is 0 Å². The Balaban J connectivity index is 1.90. The van der Waals surface area contributed by atoms with Gasteiger partial charge in [0.25, 0.3) is 0 Å². The van der Waals surface area contributed by atoms with Gasteiger partial charge in [-0.25, -0.2) is 0 Å². The second-order valence-corrected chi connectivity index (χ2v) is 5.96. The standard InChI is InChI=1S/C20H26N2O/c1-2-9-18(14-16-10-5-3-6-11-16)22-20(23)15-19(21)17-12-7-4-8-13-17/h3-8,10-13,18-19H,2,9,14-15,21H2,1H3,(H,22,23). The number of hydrogen-bond acceptors (Lipinski definition) is 2. The highest BCUT2D eigenvalue weighted by Gasteiger charge is 2.16. The number of carbonyl (C=O) groups excluding carboxylic acids is 1. The Morgan fingerprint density at radius 3 is 2.26 bits per heavy atom. The molecule has 2 unspecified atom stereocenters. The lowest BCUT2D eigenvalue weighted by molar-refractivity contribution is -0.122. The minimum absolute atomic E-state index is 0.0238. The average molecular weight is 310 g/mol. The first-order chi connectivity index (χ1) is 11.2. The highest BCUT2D eigenvalue weighted by Crippen LogP contribution is 2.14. The highest BCUT2D eigenvalue weighted by atomic mass is 16.1. The van der Waals surface area contributed by atoms with E-state index in [2.05, 4.69) is 24.4 Å². The molecule has 0 fully saturated rings. The fraction of sp³-hybridized carbons (Fsp3) is 0.350. The molecule has 0 aliphatic carbocycles. The van der Waals surface area contributed by atoms with Crippen LogP contribution in [-0.4, -0.2) is 11.9 Å². The Hall–Kier alpha value is -2.13. The first-order valence-corrected chi connectivity index (χ1v) is 8.33. The second kappa shape index (κ2) is 9.11. The molecule has 2 atom stereocenters. The zero-order valence-corrected chi connectivity index (χ0v) is 13.7. The fourth-order valence-corrected chi connectivity index (χ4v) is 2.78. The van der Waals surface area contributed by atoms with Crippen LogP contribution < -0.4 is 11.1 Å². The molecule has 2 aromatic carbocycles. The Kier molecular flexibility index (Phi) is 6.82. The molecule has 3 nitrogen and oxygen atoms in total. The molecule has 0 aliphatic heterocycles. The molecule has 1 amide bonds. The minimum Gasteiger partial charge on any atom is -0.353 e. The summed E-state index contributed by atoms with van der Waals surface area (Å²) in [6.45, 7) is 2.14. The van der Waals surface area contributed by atoms with Gasteiger partial charge < -0.3 is 11.1 Å². The summed E-state index contributed by atoms with van der Waals surface area (Å²) < 4.78 is 0. The maximum atomic E-state index is 12.3. The molecule has 0 spiro atoms. The molecule has 0 saturated heterocycles. The van der Waals surface area contributed by atoms with Gasteiger partial charge in [-0.2, -0.15) is 0 Å². The molecule has 0 heterocycles. The van der Waals surface area contributed by atoms with E-state index in [0.29, 0.717) is 6.42 Å². The highest BCUT2D eigenvalue weighted by molar-refractivity contribution is 5.77. The van der Waals surface area contributed by atoms with Crippen LogP contribution in [0.3, 0.4) is 0 Å². The van der Waals surface area contributed by atoms with E-state index in [4.69, 9.17) is 5.73 Å². The summed E-state index contributed by atoms with van der Waals surface area (Å²) in [4.78, 5) is 12.3. The number of nitrogens with two attached hydrogens (primary N) is 1. The second-order valence-electron chi connectivity index (χ2n) is 5.96. The van der Waals surface area contributed by atoms with Crippen molar-refractivity contribution in [3.63, 3.8) is 0 Å². The molecular weight excluding hydrogens is 284 g/mol. The molecule has 0 bridgehead atoms. The normalized spacial score (nSPS) is 13.3. The van der Waals surface area contributed by atoms with E-state index < -0.39 is 0 Å². The molecule has 3 N–H and O–H groups in total. The zero-order chi connectivity index (χ0) is 16.5. The van der Waals surface area contributed by atoms with E-state index in [1.165, 1.54) is 5.56 Å². The maximum absolute atomic E-state index is 12.3. The summed E-state index contributed by atoms with van der Waals surface area (Å²) in [7, 11) is 0. The average Bonchev–Trinajstić information content (AvgIpc) is 2.56. The summed E-state index contributed by atoms with van der Waals surface area (Å²) in [5.41, 5.74) is 8.38. The van der Waals surface area contributed by atoms with E-state index >= 15 is 0 Å². The topological polar surface area (TPSA) is 55.1 Å². The van der Waals surface area contributed by atoms with Crippen molar-refractivity contribution in [2.45, 2.75) is 44.7 Å². The number of nitrogens with one attached hydrogen (secondary N) is 1. The molecule has 3 heteroatoms. The molecule has 0 radical (unpaired) electrons. The molecular formula is C20H26N2O. The lowest BCUT2D eigenvalue weighted by atomic mass is 10.0. The van der Waals surface area contributed by atoms with Gasteiger partial charge in [-0.15, -0.1) is 0 Å². The van der Waals surface area contributed by atoms with Crippen LogP contribution in [-0.2, 0) is 11.2 Å². The SMILES string of the molecule is CCCC(Cc1ccccc1)NC(=O)CC(N)c1ccccc1. The molecule has 23 heavy (non-hydrogen) atoms. The largest absolute Gasteiger partial charge is 0.353 e. The third-order valence-corrected chi connectivity index (χ3v) is 3.96. The van der Waals surface area contributed by atoms with E-state index in [1.54, 1.807) is 0 Å². The van der Waals surface area contributed by atoms with Gasteiger partial charge >= 0.3 is 0 Å². The monoisotopic (exact) mass is 310 g/mol. The molecule has 0 aromatic heterocycles. The Morgan fingerprint density at radius 1 is 1.04 bits per heavy atom. The molecule has 122 valence electrons. The van der Waals surface area contributed by atoms with Crippen LogP contribution in [0.5, 0.6) is 0 Å². The Morgan fingerprint density at radius 2 is 1.65 bits per heavy atom. The van der Waals surface area contributed by atoms with Gasteiger partial charge in [-0.05, 0) is 24.0 Å². The molecule has 2 aromatic rings. The van der Waals surface area contributed by atoms with Gasteiger partial charge in [0, 0.05) is 18.5 Å². The van der Waals surface area contributed by atoms with Crippen LogP contribution in [0.25, 0.3) is 0 Å². The number of amides is 1. The summed E-state index contributed by atoms with van der Waals surface area (Å²) >= 11 is 0. The number of carbonyl (C=O) groups is 1. The van der Waals surface area contributed by atoms with Crippen LogP contribution >= 0.6 is 0 Å². The van der Waals surface area contributed by atoms with Gasteiger partial charge in [0.1, 0.15) is 0 Å². The molecule has 2 rings (SSSR count). The first-order valence-electron chi connectivity index (χ1n) is 8.33. The van der Waals surface area contributed by atoms with Crippen molar-refractivity contribution in [1.82, 2.24) is 5.32 Å². The molecule has 0 saturated carbocycles. The van der Waals surface area contributed by atoms with Crippen LogP contribution in [0.4, 0.5) is 0 Å². The van der Waals surface area contributed by atoms with Crippen molar-refractivity contribution >= 4 is 5.91 Å². The predicted molar refractivity (Wildman–Crippen MR) is 95.0 cm³/mol. The smallest absolute Gasteiger partial charge is 0.222 e. The number of rotatable bonds is 8. The van der Waals surface area contributed by atoms with E-state index in [0.717, 1.165) is 24.8 Å². The van der Waals surface area contributed by atoms with Crippen molar-refractivity contribution in [1.29, 1.82) is 0 Å². The summed E-state index contributed by atoms with van der Waals surface area (Å²) in [6, 6.07) is 20.0. The van der Waals surface area contributed by atoms with Crippen molar-refractivity contribution in [3.05, 3.63) is 71.8 Å². The zero-order valence-electron chi connectivity index (χ0n) is 13.7. The Bertz CT molecular complexity index is 583. The first kappa shape index (κ1) is 17.2. The lowest BCUT2D eigenvalue weighted by Crippen LogP contribution is -2.37. The third kappa shape index (κ3) is 5.87. The van der Waals surface area contributed by atoms with E-state index in [-0.39, 0.29) is 18.0 Å². The Labute approximate surface area is 138 Å². The van der Waals surface area contributed by atoms with Crippen LogP contribution in [0.15, 0.2) is 60.7 Å². The minimum atomic E-state index is -0.254. The van der Waals surface area contributed by atoms with Gasteiger partial charge in [0.05, 0.1) is 0 Å². The third-order valence-electron chi connectivity index (χ3n) is 3.96. The van der Waals surface area contributed by atoms with Crippen molar-refractivity contribution in [3.8, 4) is 0 Å². The number of benzene rings is 2. The van der Waals surface area contributed by atoms with Gasteiger partial charge in [-0.1, -0.05) is 74.0 Å². The van der Waals surface area contributed by atoms with Crippen LogP contribution in [0.1, 0.15) is 43.4 Å². The molecule has 0 aliphatic rings. The van der Waals surface area contributed by atoms with Gasteiger partial charge in [0.2, 0.25) is 5.91 Å². The summed E-state index contributed by atoms with van der Waals surface area (Å²) in [5, 5.41) is 3.15. The van der Waals surface area contributed by atoms with Crippen molar-refractivity contribution in [2.24, 2.45) is 5.73 Å².